The highest BCUT2D eigenvalue weighted by atomic mass is 31.2. The van der Waals surface area contributed by atoms with E-state index in [2.05, 4.69) is 0 Å². The highest BCUT2D eigenvalue weighted by Crippen LogP contribution is 2.48. The minimum absolute atomic E-state index is 0.00244. The monoisotopic (exact) mass is 536 g/mol. The smallest absolute Gasteiger partial charge is 0.342 e. The molecule has 0 unspecified atom stereocenters. The topological polar surface area (TPSA) is 69.7 Å². The molecular formula is C33H29O5P. The van der Waals surface area contributed by atoms with Gasteiger partial charge in [0, 0.05) is 6.42 Å². The fourth-order valence-electron chi connectivity index (χ4n) is 5.28. The van der Waals surface area contributed by atoms with E-state index in [0.717, 1.165) is 15.9 Å². The maximum absolute atomic E-state index is 14.9. The number of cyclic esters (lactones) is 1. The van der Waals surface area contributed by atoms with E-state index in [1.165, 1.54) is 0 Å². The number of Topliss-reactive ketones (excluding diaryl/α,β-unsaturated/α-hetero) is 1. The lowest BCUT2D eigenvalue weighted by Crippen LogP contribution is -2.52. The molecule has 5 nitrogen and oxygen atoms in total. The van der Waals surface area contributed by atoms with Gasteiger partial charge in [-0.3, -0.25) is 4.79 Å². The maximum Gasteiger partial charge on any atom is 0.342 e. The summed E-state index contributed by atoms with van der Waals surface area (Å²) in [7, 11) is 0. The van der Waals surface area contributed by atoms with Gasteiger partial charge in [0.2, 0.25) is 5.78 Å². The second-order valence-electron chi connectivity index (χ2n) is 9.53. The molecule has 39 heavy (non-hydrogen) atoms. The Kier molecular flexibility index (Phi) is 7.36. The molecule has 0 saturated heterocycles. The predicted molar refractivity (Wildman–Crippen MR) is 156 cm³/mol. The van der Waals surface area contributed by atoms with Gasteiger partial charge in [-0.15, -0.1) is 0 Å². The quantitative estimate of drug-likeness (QED) is 0.198. The summed E-state index contributed by atoms with van der Waals surface area (Å²) in [4.78, 5) is 42.0. The molecule has 1 aliphatic heterocycles. The van der Waals surface area contributed by atoms with Crippen LogP contribution >= 0.6 is 6.89 Å². The first-order chi connectivity index (χ1) is 18.9. The molecule has 196 valence electrons. The van der Waals surface area contributed by atoms with E-state index in [-0.39, 0.29) is 18.3 Å². The Balaban J connectivity index is 1.92. The summed E-state index contributed by atoms with van der Waals surface area (Å²) in [5.74, 6) is -1.84. The molecule has 0 spiro atoms. The number of fused-ring (bicyclic) bond motifs is 1. The van der Waals surface area contributed by atoms with Crippen molar-refractivity contribution >= 4 is 45.8 Å². The van der Waals surface area contributed by atoms with Crippen molar-refractivity contribution in [2.45, 2.75) is 25.9 Å². The van der Waals surface area contributed by atoms with Gasteiger partial charge >= 0.3 is 11.9 Å². The van der Waals surface area contributed by atoms with Crippen LogP contribution in [0.15, 0.2) is 115 Å². The second kappa shape index (κ2) is 10.9. The standard InChI is InChI=1S/C33H29O5P/c1-3-37-32(36)29(30(34)33(2)23-24-15-13-14-22-28(24)31(35)38-33)39(25-16-7-4-8-17-25,26-18-9-5-10-19-26)27-20-11-6-12-21-27/h4-22H,3,23H2,1-2H3/t33-/m1/s1. The molecule has 6 heteroatoms. The molecule has 4 aromatic rings. The van der Waals surface area contributed by atoms with Crippen LogP contribution in [-0.4, -0.2) is 35.2 Å². The van der Waals surface area contributed by atoms with E-state index in [1.54, 1.807) is 26.0 Å². The number of esters is 2. The third kappa shape index (κ3) is 4.64. The van der Waals surface area contributed by atoms with Crippen molar-refractivity contribution in [2.24, 2.45) is 0 Å². The van der Waals surface area contributed by atoms with Crippen LogP contribution in [0.1, 0.15) is 29.8 Å². The van der Waals surface area contributed by atoms with Gasteiger partial charge < -0.3 is 9.47 Å². The van der Waals surface area contributed by atoms with E-state index < -0.39 is 30.2 Å². The number of rotatable bonds is 7. The number of hydrogen-bond acceptors (Lipinski definition) is 5. The summed E-state index contributed by atoms with van der Waals surface area (Å²) in [6.07, 6.45) is 0.148. The number of benzene rings is 4. The van der Waals surface area contributed by atoms with Crippen LogP contribution in [-0.2, 0) is 25.5 Å². The molecule has 5 rings (SSSR count). The summed E-state index contributed by atoms with van der Waals surface area (Å²) in [6, 6.07) is 35.9. The Bertz CT molecular complexity index is 1480. The van der Waals surface area contributed by atoms with Crippen LogP contribution < -0.4 is 15.9 Å². The van der Waals surface area contributed by atoms with Gasteiger partial charge in [-0.2, -0.15) is 0 Å². The minimum atomic E-state index is -3.12. The number of carbonyl (C=O) groups is 3. The van der Waals surface area contributed by atoms with Gasteiger partial charge in [-0.1, -0.05) is 109 Å². The van der Waals surface area contributed by atoms with Gasteiger partial charge in [0.25, 0.3) is 0 Å². The Morgan fingerprint density at radius 2 is 1.23 bits per heavy atom. The van der Waals surface area contributed by atoms with E-state index in [9.17, 15) is 14.4 Å². The average molecular weight is 537 g/mol. The highest BCUT2D eigenvalue weighted by molar-refractivity contribution is 7.97. The number of ether oxygens (including phenoxy) is 2. The predicted octanol–water partition coefficient (Wildman–Crippen LogP) is 4.46. The molecule has 1 atom stereocenters. The zero-order valence-corrected chi connectivity index (χ0v) is 22.8. The fourth-order valence-corrected chi connectivity index (χ4v) is 9.69. The highest BCUT2D eigenvalue weighted by Gasteiger charge is 2.49. The number of ketones is 1. The van der Waals surface area contributed by atoms with Crippen LogP contribution in [0.2, 0.25) is 0 Å². The van der Waals surface area contributed by atoms with Crippen LogP contribution in [0, 0.1) is 0 Å². The number of hydrogen-bond donors (Lipinski definition) is 0. The second-order valence-corrected chi connectivity index (χ2v) is 12.9. The first kappa shape index (κ1) is 26.4. The molecule has 0 radical (unpaired) electrons. The van der Waals surface area contributed by atoms with Gasteiger partial charge in [0.1, 0.15) is 5.29 Å². The maximum atomic E-state index is 14.9. The Labute approximate surface area is 228 Å². The summed E-state index contributed by atoms with van der Waals surface area (Å²) in [5.41, 5.74) is -0.469. The van der Waals surface area contributed by atoms with Gasteiger partial charge in [0.05, 0.1) is 12.2 Å². The van der Waals surface area contributed by atoms with Crippen molar-refractivity contribution in [2.75, 3.05) is 6.61 Å². The minimum Gasteiger partial charge on any atom is -0.462 e. The lowest BCUT2D eigenvalue weighted by Gasteiger charge is -2.37. The molecule has 0 fully saturated rings. The van der Waals surface area contributed by atoms with Gasteiger partial charge in [0.15, 0.2) is 5.60 Å². The number of carbonyl (C=O) groups excluding carboxylic acids is 3. The van der Waals surface area contributed by atoms with Crippen LogP contribution in [0.25, 0.3) is 0 Å². The van der Waals surface area contributed by atoms with E-state index >= 15 is 0 Å². The average Bonchev–Trinajstić information content (AvgIpc) is 2.97. The summed E-state index contributed by atoms with van der Waals surface area (Å²) in [5, 5.41) is 2.47. The van der Waals surface area contributed by atoms with Crippen molar-refractivity contribution in [3.8, 4) is 0 Å². The molecule has 0 N–H and O–H groups in total. The zero-order chi connectivity index (χ0) is 27.5. The Morgan fingerprint density at radius 1 is 0.769 bits per heavy atom. The largest absolute Gasteiger partial charge is 0.462 e. The van der Waals surface area contributed by atoms with Crippen molar-refractivity contribution < 1.29 is 23.9 Å². The summed E-state index contributed by atoms with van der Waals surface area (Å²) in [6.45, 7) is 0.283. The molecule has 0 saturated carbocycles. The molecule has 1 aliphatic rings. The van der Waals surface area contributed by atoms with Crippen LogP contribution in [0.3, 0.4) is 0 Å². The van der Waals surface area contributed by atoms with E-state index in [1.807, 2.05) is 103 Å². The van der Waals surface area contributed by atoms with Crippen molar-refractivity contribution in [1.82, 2.24) is 0 Å². The zero-order valence-electron chi connectivity index (χ0n) is 21.9. The first-order valence-electron chi connectivity index (χ1n) is 12.9. The Hall–Kier alpha value is -4.21. The van der Waals surface area contributed by atoms with Gasteiger partial charge in [-0.05, 0) is 48.3 Å². The van der Waals surface area contributed by atoms with Crippen LogP contribution in [0.5, 0.6) is 0 Å². The van der Waals surface area contributed by atoms with Crippen molar-refractivity contribution in [3.05, 3.63) is 126 Å². The van der Waals surface area contributed by atoms with Crippen molar-refractivity contribution in [1.29, 1.82) is 0 Å². The third-order valence-electron chi connectivity index (χ3n) is 7.01. The lowest BCUT2D eigenvalue weighted by molar-refractivity contribution is -0.138. The summed E-state index contributed by atoms with van der Waals surface area (Å²) < 4.78 is 11.5. The van der Waals surface area contributed by atoms with E-state index in [0.29, 0.717) is 11.1 Å². The molecule has 0 amide bonds. The molecular weight excluding hydrogens is 507 g/mol. The molecule has 0 bridgehead atoms. The molecule has 1 heterocycles. The first-order valence-corrected chi connectivity index (χ1v) is 14.7. The third-order valence-corrected chi connectivity index (χ3v) is 11.3. The molecule has 0 aliphatic carbocycles. The normalized spacial score (nSPS) is 16.5. The van der Waals surface area contributed by atoms with Crippen LogP contribution in [0.4, 0.5) is 0 Å². The van der Waals surface area contributed by atoms with Gasteiger partial charge in [-0.25, -0.2) is 9.59 Å². The molecule has 4 aromatic carbocycles. The van der Waals surface area contributed by atoms with Crippen molar-refractivity contribution in [3.63, 3.8) is 0 Å². The lowest BCUT2D eigenvalue weighted by atomic mass is 9.86. The Morgan fingerprint density at radius 3 is 1.72 bits per heavy atom. The SMILES string of the molecule is CCOC(=O)C(C(=O)[C@@]1(C)Cc2ccccc2C(=O)O1)=P(c1ccccc1)(c1ccccc1)c1ccccc1. The van der Waals surface area contributed by atoms with E-state index in [4.69, 9.17) is 9.47 Å². The summed E-state index contributed by atoms with van der Waals surface area (Å²) >= 11 is 0. The molecule has 0 aromatic heterocycles. The fraction of sp³-hybridized carbons (Fsp3) is 0.152.